The maximum Gasteiger partial charge on any atom is 0.0795 e. The Balaban J connectivity index is 0.000000720. The van der Waals surface area contributed by atoms with Crippen LogP contribution in [0.2, 0.25) is 0 Å². The summed E-state index contributed by atoms with van der Waals surface area (Å²) in [6.07, 6.45) is 3.92. The highest BCUT2D eigenvalue weighted by molar-refractivity contribution is 7.07. The van der Waals surface area contributed by atoms with E-state index in [0.29, 0.717) is 6.04 Å². The summed E-state index contributed by atoms with van der Waals surface area (Å²) in [4.78, 5) is 4.30. The van der Waals surface area contributed by atoms with Gasteiger partial charge in [0.15, 0.2) is 0 Å². The van der Waals surface area contributed by atoms with Gasteiger partial charge in [0.2, 0.25) is 0 Å². The van der Waals surface area contributed by atoms with E-state index in [1.807, 2.05) is 5.51 Å². The molecule has 1 aliphatic rings. The summed E-state index contributed by atoms with van der Waals surface area (Å²) < 4.78 is 0. The quantitative estimate of drug-likeness (QED) is 0.760. The van der Waals surface area contributed by atoms with Gasteiger partial charge in [-0.15, -0.1) is 23.7 Å². The fourth-order valence-corrected chi connectivity index (χ4v) is 2.11. The molecule has 68 valence electrons. The van der Waals surface area contributed by atoms with E-state index < -0.39 is 0 Å². The van der Waals surface area contributed by atoms with Crippen LogP contribution < -0.4 is 5.32 Å². The third-order valence-electron chi connectivity index (χ3n) is 2.12. The molecule has 1 fully saturated rings. The van der Waals surface area contributed by atoms with Crippen LogP contribution in [-0.4, -0.2) is 11.5 Å². The second-order valence-corrected chi connectivity index (χ2v) is 3.63. The minimum absolute atomic E-state index is 0. The third-order valence-corrected chi connectivity index (χ3v) is 2.72. The highest BCUT2D eigenvalue weighted by Gasteiger charge is 2.15. The van der Waals surface area contributed by atoms with Gasteiger partial charge in [-0.25, -0.2) is 4.98 Å². The van der Waals surface area contributed by atoms with Crippen molar-refractivity contribution >= 4 is 23.7 Å². The van der Waals surface area contributed by atoms with Crippen LogP contribution in [0.3, 0.4) is 0 Å². The van der Waals surface area contributed by atoms with Crippen LogP contribution in [-0.2, 0) is 0 Å². The molecule has 2 heterocycles. The van der Waals surface area contributed by atoms with Gasteiger partial charge in [-0.1, -0.05) is 6.42 Å². The fraction of sp³-hybridized carbons (Fsp3) is 0.625. The summed E-state index contributed by atoms with van der Waals surface area (Å²) in [5, 5.41) is 5.61. The molecule has 0 radical (unpaired) electrons. The van der Waals surface area contributed by atoms with Crippen molar-refractivity contribution in [2.24, 2.45) is 0 Å². The second-order valence-electron chi connectivity index (χ2n) is 2.92. The Bertz CT molecular complexity index is 207. The average molecular weight is 205 g/mol. The zero-order valence-electron chi connectivity index (χ0n) is 6.82. The molecular formula is C8H13ClN2S. The molecule has 1 aliphatic heterocycles. The molecule has 0 saturated carbocycles. The predicted octanol–water partition coefficient (Wildman–Crippen LogP) is 2.38. The Morgan fingerprint density at radius 3 is 3.00 bits per heavy atom. The monoisotopic (exact) mass is 204 g/mol. The van der Waals surface area contributed by atoms with Crippen molar-refractivity contribution in [3.05, 3.63) is 16.6 Å². The minimum atomic E-state index is 0. The van der Waals surface area contributed by atoms with Crippen LogP contribution in [0.15, 0.2) is 10.9 Å². The van der Waals surface area contributed by atoms with E-state index >= 15 is 0 Å². The van der Waals surface area contributed by atoms with Crippen molar-refractivity contribution in [3.63, 3.8) is 0 Å². The lowest BCUT2D eigenvalue weighted by Gasteiger charge is -2.21. The van der Waals surface area contributed by atoms with Gasteiger partial charge in [-0.3, -0.25) is 0 Å². The number of hydrogen-bond donors (Lipinski definition) is 1. The highest BCUT2D eigenvalue weighted by atomic mass is 35.5. The average Bonchev–Trinajstić information content (AvgIpc) is 2.58. The van der Waals surface area contributed by atoms with Crippen LogP contribution in [0.25, 0.3) is 0 Å². The molecule has 0 bridgehead atoms. The lowest BCUT2D eigenvalue weighted by Crippen LogP contribution is -2.26. The first kappa shape index (κ1) is 9.96. The first-order valence-electron chi connectivity index (χ1n) is 4.08. The Morgan fingerprint density at radius 2 is 2.42 bits per heavy atom. The Kier molecular flexibility index (Phi) is 3.98. The number of piperidine rings is 1. The van der Waals surface area contributed by atoms with E-state index in [-0.39, 0.29) is 12.4 Å². The molecule has 0 amide bonds. The van der Waals surface area contributed by atoms with Gasteiger partial charge in [-0.2, -0.15) is 0 Å². The molecule has 1 aromatic rings. The highest BCUT2D eigenvalue weighted by Crippen LogP contribution is 2.21. The third kappa shape index (κ3) is 2.19. The molecule has 0 aromatic carbocycles. The van der Waals surface area contributed by atoms with E-state index in [0.717, 1.165) is 6.54 Å². The number of rotatable bonds is 1. The van der Waals surface area contributed by atoms with Crippen molar-refractivity contribution in [1.82, 2.24) is 10.3 Å². The van der Waals surface area contributed by atoms with Gasteiger partial charge in [0, 0.05) is 5.38 Å². The molecule has 2 rings (SSSR count). The second kappa shape index (κ2) is 4.80. The summed E-state index contributed by atoms with van der Waals surface area (Å²) in [7, 11) is 0. The topological polar surface area (TPSA) is 24.9 Å². The molecule has 12 heavy (non-hydrogen) atoms. The zero-order valence-corrected chi connectivity index (χ0v) is 8.46. The van der Waals surface area contributed by atoms with Crippen LogP contribution in [0.4, 0.5) is 0 Å². The van der Waals surface area contributed by atoms with Crippen molar-refractivity contribution in [2.45, 2.75) is 25.3 Å². The lowest BCUT2D eigenvalue weighted by atomic mass is 10.0. The maximum atomic E-state index is 4.30. The van der Waals surface area contributed by atoms with Crippen molar-refractivity contribution < 1.29 is 0 Å². The van der Waals surface area contributed by atoms with E-state index in [4.69, 9.17) is 0 Å². The molecule has 0 spiro atoms. The number of hydrogen-bond acceptors (Lipinski definition) is 3. The van der Waals surface area contributed by atoms with E-state index in [9.17, 15) is 0 Å². The molecule has 1 atom stereocenters. The molecular weight excluding hydrogens is 192 g/mol. The number of nitrogens with zero attached hydrogens (tertiary/aromatic N) is 1. The summed E-state index contributed by atoms with van der Waals surface area (Å²) in [5.74, 6) is 0. The molecule has 0 aliphatic carbocycles. The molecule has 1 unspecified atom stereocenters. The molecule has 2 nitrogen and oxygen atoms in total. The lowest BCUT2D eigenvalue weighted by molar-refractivity contribution is 0.406. The van der Waals surface area contributed by atoms with Gasteiger partial charge in [-0.05, 0) is 19.4 Å². The summed E-state index contributed by atoms with van der Waals surface area (Å²) in [6.45, 7) is 1.15. The summed E-state index contributed by atoms with van der Waals surface area (Å²) in [6, 6.07) is 0.537. The Morgan fingerprint density at radius 1 is 1.50 bits per heavy atom. The summed E-state index contributed by atoms with van der Waals surface area (Å²) in [5.41, 5.74) is 3.14. The van der Waals surface area contributed by atoms with Crippen molar-refractivity contribution in [1.29, 1.82) is 0 Å². The largest absolute Gasteiger partial charge is 0.309 e. The molecule has 1 N–H and O–H groups in total. The SMILES string of the molecule is Cl.c1nc(C2CCCCN2)cs1. The zero-order chi connectivity index (χ0) is 7.52. The standard InChI is InChI=1S/C8H12N2S.ClH/c1-2-4-9-7(3-1)8-5-11-6-10-8;/h5-7,9H,1-4H2;1H. The van der Waals surface area contributed by atoms with Gasteiger partial charge in [0.25, 0.3) is 0 Å². The van der Waals surface area contributed by atoms with Crippen molar-refractivity contribution in [3.8, 4) is 0 Å². The van der Waals surface area contributed by atoms with Crippen LogP contribution in [0, 0.1) is 0 Å². The van der Waals surface area contributed by atoms with Gasteiger partial charge >= 0.3 is 0 Å². The van der Waals surface area contributed by atoms with Gasteiger partial charge in [0.05, 0.1) is 17.2 Å². The molecule has 4 heteroatoms. The fourth-order valence-electron chi connectivity index (χ4n) is 1.50. The van der Waals surface area contributed by atoms with E-state index in [1.54, 1.807) is 11.3 Å². The number of nitrogens with one attached hydrogen (secondary N) is 1. The van der Waals surface area contributed by atoms with Gasteiger partial charge in [0.1, 0.15) is 0 Å². The normalized spacial score (nSPS) is 23.2. The molecule has 1 aromatic heterocycles. The minimum Gasteiger partial charge on any atom is -0.309 e. The number of thiazole rings is 1. The number of aromatic nitrogens is 1. The van der Waals surface area contributed by atoms with Crippen LogP contribution in [0.5, 0.6) is 0 Å². The Labute approximate surface area is 82.8 Å². The Hall–Kier alpha value is -0.120. The first-order valence-corrected chi connectivity index (χ1v) is 5.02. The first-order chi connectivity index (χ1) is 5.47. The smallest absolute Gasteiger partial charge is 0.0795 e. The van der Waals surface area contributed by atoms with Crippen LogP contribution in [0.1, 0.15) is 31.0 Å². The van der Waals surface area contributed by atoms with E-state index in [1.165, 1.54) is 25.0 Å². The van der Waals surface area contributed by atoms with Crippen molar-refractivity contribution in [2.75, 3.05) is 6.54 Å². The maximum absolute atomic E-state index is 4.30. The predicted molar refractivity (Wildman–Crippen MR) is 54.0 cm³/mol. The summed E-state index contributed by atoms with van der Waals surface area (Å²) >= 11 is 1.68. The van der Waals surface area contributed by atoms with E-state index in [2.05, 4.69) is 15.7 Å². The van der Waals surface area contributed by atoms with Gasteiger partial charge < -0.3 is 5.32 Å². The molecule has 1 saturated heterocycles. The van der Waals surface area contributed by atoms with Crippen LogP contribution >= 0.6 is 23.7 Å². The number of halogens is 1.